The van der Waals surface area contributed by atoms with Gasteiger partial charge in [-0.25, -0.2) is 0 Å². The highest BCUT2D eigenvalue weighted by molar-refractivity contribution is 5.78. The normalized spacial score (nSPS) is 23.7. The molecule has 2 aliphatic heterocycles. The molecule has 2 saturated heterocycles. The van der Waals surface area contributed by atoms with E-state index in [4.69, 9.17) is 9.47 Å². The first-order valence-corrected chi connectivity index (χ1v) is 10.1. The first-order chi connectivity index (χ1) is 12.8. The van der Waals surface area contributed by atoms with Gasteiger partial charge in [-0.15, -0.1) is 0 Å². The predicted molar refractivity (Wildman–Crippen MR) is 101 cm³/mol. The van der Waals surface area contributed by atoms with Gasteiger partial charge >= 0.3 is 0 Å². The molecule has 1 aliphatic carbocycles. The fourth-order valence-corrected chi connectivity index (χ4v) is 4.47. The Morgan fingerprint density at radius 1 is 1.08 bits per heavy atom. The average Bonchev–Trinajstić information content (AvgIpc) is 3.15. The van der Waals surface area contributed by atoms with E-state index in [9.17, 15) is 4.79 Å². The summed E-state index contributed by atoms with van der Waals surface area (Å²) in [6.07, 6.45) is 6.95. The third-order valence-electron chi connectivity index (χ3n) is 5.95. The molecule has 2 fully saturated rings. The minimum atomic E-state index is 0.128. The number of ether oxygens (including phenoxy) is 2. The summed E-state index contributed by atoms with van der Waals surface area (Å²) in [5.41, 5.74) is 2.82. The number of carbonyl (C=O) groups is 1. The number of likely N-dealkylation sites (tertiary alicyclic amines) is 1. The summed E-state index contributed by atoms with van der Waals surface area (Å²) in [5, 5.41) is 0. The van der Waals surface area contributed by atoms with Gasteiger partial charge in [0.05, 0.1) is 13.2 Å². The smallest absolute Gasteiger partial charge is 0.260 e. The van der Waals surface area contributed by atoms with Crippen LogP contribution < -0.4 is 4.74 Å². The Labute approximate surface area is 156 Å². The van der Waals surface area contributed by atoms with Crippen molar-refractivity contribution in [3.8, 4) is 5.75 Å². The standard InChI is InChI=1S/C21H30N2O3/c24-21(16-26-20-8-7-17-4-3-5-18(17)14-20)23-9-2-1-6-19(23)15-22-10-12-25-13-11-22/h7-8,14,19H,1-6,9-13,15-16H2. The summed E-state index contributed by atoms with van der Waals surface area (Å²) in [6.45, 7) is 5.55. The van der Waals surface area contributed by atoms with Gasteiger partial charge in [-0.05, 0) is 61.8 Å². The molecule has 1 atom stereocenters. The second kappa shape index (κ2) is 8.40. The maximum atomic E-state index is 12.8. The zero-order chi connectivity index (χ0) is 17.8. The van der Waals surface area contributed by atoms with E-state index in [0.29, 0.717) is 6.04 Å². The average molecular weight is 358 g/mol. The van der Waals surface area contributed by atoms with Crippen molar-refractivity contribution in [1.29, 1.82) is 0 Å². The number of fused-ring (bicyclic) bond motifs is 1. The Morgan fingerprint density at radius 3 is 2.81 bits per heavy atom. The van der Waals surface area contributed by atoms with Crippen LogP contribution in [0.25, 0.3) is 0 Å². The maximum absolute atomic E-state index is 12.8. The number of morpholine rings is 1. The van der Waals surface area contributed by atoms with E-state index in [1.807, 2.05) is 6.07 Å². The lowest BCUT2D eigenvalue weighted by molar-refractivity contribution is -0.137. The topological polar surface area (TPSA) is 42.0 Å². The van der Waals surface area contributed by atoms with Crippen molar-refractivity contribution < 1.29 is 14.3 Å². The quantitative estimate of drug-likeness (QED) is 0.810. The maximum Gasteiger partial charge on any atom is 0.260 e. The van der Waals surface area contributed by atoms with Crippen LogP contribution in [0.5, 0.6) is 5.75 Å². The van der Waals surface area contributed by atoms with Crippen LogP contribution in [0.3, 0.4) is 0 Å². The lowest BCUT2D eigenvalue weighted by atomic mass is 10.0. The molecule has 3 aliphatic rings. The van der Waals surface area contributed by atoms with Crippen molar-refractivity contribution in [2.75, 3.05) is 46.0 Å². The van der Waals surface area contributed by atoms with E-state index in [-0.39, 0.29) is 12.5 Å². The molecule has 0 radical (unpaired) electrons. The monoisotopic (exact) mass is 358 g/mol. The largest absolute Gasteiger partial charge is 0.484 e. The molecule has 142 valence electrons. The first-order valence-electron chi connectivity index (χ1n) is 10.1. The lowest BCUT2D eigenvalue weighted by Gasteiger charge is -2.39. The van der Waals surface area contributed by atoms with Crippen LogP contribution in [0.15, 0.2) is 18.2 Å². The number of aryl methyl sites for hydroxylation is 2. The van der Waals surface area contributed by atoms with Gasteiger partial charge in [0, 0.05) is 32.2 Å². The van der Waals surface area contributed by atoms with E-state index in [1.54, 1.807) is 0 Å². The molecule has 2 heterocycles. The van der Waals surface area contributed by atoms with Crippen molar-refractivity contribution in [2.24, 2.45) is 0 Å². The molecule has 1 aromatic carbocycles. The molecule has 1 amide bonds. The van der Waals surface area contributed by atoms with E-state index in [1.165, 1.54) is 30.4 Å². The zero-order valence-corrected chi connectivity index (χ0v) is 15.6. The molecule has 4 rings (SSSR count). The van der Waals surface area contributed by atoms with E-state index >= 15 is 0 Å². The Morgan fingerprint density at radius 2 is 1.92 bits per heavy atom. The number of carbonyl (C=O) groups excluding carboxylic acids is 1. The highest BCUT2D eigenvalue weighted by Gasteiger charge is 2.29. The SMILES string of the molecule is O=C(COc1ccc2c(c1)CCC2)N1CCCCC1CN1CCOCC1. The molecule has 1 unspecified atom stereocenters. The number of piperidine rings is 1. The van der Waals surface area contributed by atoms with Crippen molar-refractivity contribution in [2.45, 2.75) is 44.6 Å². The van der Waals surface area contributed by atoms with Crippen LogP contribution in [-0.4, -0.2) is 67.7 Å². The summed E-state index contributed by atoms with van der Waals surface area (Å²) in [5.74, 6) is 0.962. The van der Waals surface area contributed by atoms with Gasteiger partial charge in [-0.2, -0.15) is 0 Å². The number of hydrogen-bond donors (Lipinski definition) is 0. The molecule has 26 heavy (non-hydrogen) atoms. The molecular weight excluding hydrogens is 328 g/mol. The number of nitrogens with zero attached hydrogens (tertiary/aromatic N) is 2. The van der Waals surface area contributed by atoms with Crippen molar-refractivity contribution >= 4 is 5.91 Å². The third kappa shape index (κ3) is 4.21. The van der Waals surface area contributed by atoms with Gasteiger partial charge in [0.25, 0.3) is 5.91 Å². The fourth-order valence-electron chi connectivity index (χ4n) is 4.47. The number of benzene rings is 1. The summed E-state index contributed by atoms with van der Waals surface area (Å²) >= 11 is 0. The molecule has 0 aromatic heterocycles. The van der Waals surface area contributed by atoms with Crippen LogP contribution in [0.2, 0.25) is 0 Å². The first kappa shape index (κ1) is 17.8. The molecule has 0 N–H and O–H groups in total. The Hall–Kier alpha value is -1.59. The molecule has 0 saturated carbocycles. The van der Waals surface area contributed by atoms with Crippen LogP contribution in [0.4, 0.5) is 0 Å². The zero-order valence-electron chi connectivity index (χ0n) is 15.6. The number of rotatable bonds is 5. The summed E-state index contributed by atoms with van der Waals surface area (Å²) in [6, 6.07) is 6.61. The van der Waals surface area contributed by atoms with Gasteiger partial charge in [-0.3, -0.25) is 9.69 Å². The van der Waals surface area contributed by atoms with Gasteiger partial charge in [0.1, 0.15) is 5.75 Å². The fraction of sp³-hybridized carbons (Fsp3) is 0.667. The molecular formula is C21H30N2O3. The van der Waals surface area contributed by atoms with Crippen molar-refractivity contribution in [1.82, 2.24) is 9.80 Å². The van der Waals surface area contributed by atoms with E-state index in [0.717, 1.165) is 64.4 Å². The second-order valence-electron chi connectivity index (χ2n) is 7.72. The van der Waals surface area contributed by atoms with Crippen LogP contribution in [0, 0.1) is 0 Å². The van der Waals surface area contributed by atoms with Gasteiger partial charge < -0.3 is 14.4 Å². The summed E-state index contributed by atoms with van der Waals surface area (Å²) in [7, 11) is 0. The van der Waals surface area contributed by atoms with E-state index < -0.39 is 0 Å². The minimum Gasteiger partial charge on any atom is -0.484 e. The van der Waals surface area contributed by atoms with Crippen molar-refractivity contribution in [3.63, 3.8) is 0 Å². The van der Waals surface area contributed by atoms with Gasteiger partial charge in [0.15, 0.2) is 6.61 Å². The summed E-state index contributed by atoms with van der Waals surface area (Å²) < 4.78 is 11.3. The molecule has 5 nitrogen and oxygen atoms in total. The molecule has 0 spiro atoms. The highest BCUT2D eigenvalue weighted by Crippen LogP contribution is 2.26. The third-order valence-corrected chi connectivity index (χ3v) is 5.95. The highest BCUT2D eigenvalue weighted by atomic mass is 16.5. The van der Waals surface area contributed by atoms with Gasteiger partial charge in [-0.1, -0.05) is 6.07 Å². The molecule has 1 aromatic rings. The van der Waals surface area contributed by atoms with Gasteiger partial charge in [0.2, 0.25) is 0 Å². The van der Waals surface area contributed by atoms with Crippen LogP contribution >= 0.6 is 0 Å². The molecule has 0 bridgehead atoms. The second-order valence-corrected chi connectivity index (χ2v) is 7.72. The predicted octanol–water partition coefficient (Wildman–Crippen LogP) is 2.27. The Bertz CT molecular complexity index is 628. The number of amides is 1. The lowest BCUT2D eigenvalue weighted by Crippen LogP contribution is -2.52. The number of hydrogen-bond acceptors (Lipinski definition) is 4. The molecule has 5 heteroatoms. The Kier molecular flexibility index (Phi) is 5.75. The summed E-state index contributed by atoms with van der Waals surface area (Å²) in [4.78, 5) is 17.3. The van der Waals surface area contributed by atoms with Crippen LogP contribution in [0.1, 0.15) is 36.8 Å². The Balaban J connectivity index is 1.33. The van der Waals surface area contributed by atoms with Crippen molar-refractivity contribution in [3.05, 3.63) is 29.3 Å². The van der Waals surface area contributed by atoms with Crippen LogP contribution in [-0.2, 0) is 22.4 Å². The van der Waals surface area contributed by atoms with E-state index in [2.05, 4.69) is 21.9 Å². The minimum absolute atomic E-state index is 0.128.